The van der Waals surface area contributed by atoms with Crippen molar-refractivity contribution in [3.8, 4) is 0 Å². The molecule has 0 radical (unpaired) electrons. The van der Waals surface area contributed by atoms with Gasteiger partial charge >= 0.3 is 11.9 Å². The highest BCUT2D eigenvalue weighted by atomic mass is 16.4. The van der Waals surface area contributed by atoms with Crippen LogP contribution in [0.1, 0.15) is 43.2 Å². The molecule has 0 aliphatic carbocycles. The van der Waals surface area contributed by atoms with E-state index in [0.717, 1.165) is 16.5 Å². The van der Waals surface area contributed by atoms with Crippen LogP contribution in [-0.2, 0) is 36.8 Å². The lowest BCUT2D eigenvalue weighted by Gasteiger charge is -2.25. The van der Waals surface area contributed by atoms with E-state index in [2.05, 4.69) is 20.9 Å². The van der Waals surface area contributed by atoms with Crippen LogP contribution in [0.4, 0.5) is 0 Å². The van der Waals surface area contributed by atoms with Crippen molar-refractivity contribution in [3.05, 3.63) is 71.9 Å². The maximum absolute atomic E-state index is 13.8. The Morgan fingerprint density at radius 1 is 0.750 bits per heavy atom. The average molecular weight is 609 g/mol. The summed E-state index contributed by atoms with van der Waals surface area (Å²) in [6, 6.07) is 11.5. The second-order valence-electron chi connectivity index (χ2n) is 10.6. The van der Waals surface area contributed by atoms with Crippen molar-refractivity contribution < 1.29 is 34.2 Å². The molecule has 0 saturated heterocycles. The summed E-state index contributed by atoms with van der Waals surface area (Å²) in [6.07, 6.45) is 2.71. The quantitative estimate of drug-likeness (QED) is 0.0954. The number of rotatable bonds is 18. The molecular formula is C31H40N6O7. The molecule has 3 aromatic rings. The summed E-state index contributed by atoms with van der Waals surface area (Å²) in [5, 5.41) is 27.2. The van der Waals surface area contributed by atoms with E-state index in [-0.39, 0.29) is 19.3 Å². The number of hydrogen-bond acceptors (Lipinski definition) is 7. The number of aliphatic carboxylic acids is 2. The van der Waals surface area contributed by atoms with Crippen LogP contribution in [0.2, 0.25) is 0 Å². The van der Waals surface area contributed by atoms with Gasteiger partial charge < -0.3 is 42.6 Å². The van der Waals surface area contributed by atoms with Gasteiger partial charge in [0.15, 0.2) is 0 Å². The van der Waals surface area contributed by atoms with Crippen molar-refractivity contribution in [1.29, 1.82) is 0 Å². The van der Waals surface area contributed by atoms with Gasteiger partial charge in [0.05, 0.1) is 6.04 Å². The second kappa shape index (κ2) is 16.8. The molecule has 0 bridgehead atoms. The number of benzene rings is 2. The fourth-order valence-corrected chi connectivity index (χ4v) is 4.78. The molecule has 13 heteroatoms. The molecule has 10 N–H and O–H groups in total. The first-order valence-electron chi connectivity index (χ1n) is 14.5. The Morgan fingerprint density at radius 3 is 2.02 bits per heavy atom. The van der Waals surface area contributed by atoms with Crippen molar-refractivity contribution >= 4 is 40.6 Å². The SMILES string of the molecule is NCCCC[C@@H](N)C(=O)N[C@@H](Cc1c[nH]c2ccccc12)C(=O)N[C@@H](Cc1ccccc1)C(=O)N[C@@H](CCC(=O)O)C(=O)O. The zero-order chi connectivity index (χ0) is 32.1. The number of carbonyl (C=O) groups is 5. The van der Waals surface area contributed by atoms with Gasteiger partial charge in [0.2, 0.25) is 17.7 Å². The summed E-state index contributed by atoms with van der Waals surface area (Å²) in [5.74, 6) is -4.64. The normalized spacial score (nSPS) is 13.8. The van der Waals surface area contributed by atoms with E-state index in [1.165, 1.54) is 0 Å². The Morgan fingerprint density at radius 2 is 1.36 bits per heavy atom. The minimum absolute atomic E-state index is 0.00996. The number of unbranched alkanes of at least 4 members (excludes halogenated alkanes) is 1. The third kappa shape index (κ3) is 10.2. The van der Waals surface area contributed by atoms with E-state index in [0.29, 0.717) is 31.4 Å². The number of carbonyl (C=O) groups excluding carboxylic acids is 3. The van der Waals surface area contributed by atoms with Crippen LogP contribution in [0.15, 0.2) is 60.8 Å². The molecule has 236 valence electrons. The minimum atomic E-state index is -1.48. The second-order valence-corrected chi connectivity index (χ2v) is 10.6. The van der Waals surface area contributed by atoms with Crippen LogP contribution in [0.5, 0.6) is 0 Å². The van der Waals surface area contributed by atoms with Gasteiger partial charge in [-0.1, -0.05) is 55.0 Å². The molecule has 1 aromatic heterocycles. The highest BCUT2D eigenvalue weighted by Gasteiger charge is 2.31. The van der Waals surface area contributed by atoms with Gasteiger partial charge in [0, 0.05) is 36.4 Å². The number of aromatic nitrogens is 1. The fourth-order valence-electron chi connectivity index (χ4n) is 4.78. The summed E-state index contributed by atoms with van der Waals surface area (Å²) in [6.45, 7) is 0.462. The van der Waals surface area contributed by atoms with E-state index < -0.39 is 60.2 Å². The molecule has 0 saturated carbocycles. The number of nitrogens with two attached hydrogens (primary N) is 2. The number of carboxylic acids is 2. The van der Waals surface area contributed by atoms with Gasteiger partial charge in [0.1, 0.15) is 18.1 Å². The Labute approximate surface area is 254 Å². The first-order chi connectivity index (χ1) is 21.1. The Balaban J connectivity index is 1.86. The lowest BCUT2D eigenvalue weighted by molar-refractivity contribution is -0.143. The lowest BCUT2D eigenvalue weighted by Crippen LogP contribution is -2.58. The monoisotopic (exact) mass is 608 g/mol. The molecule has 1 heterocycles. The summed E-state index contributed by atoms with van der Waals surface area (Å²) in [7, 11) is 0. The summed E-state index contributed by atoms with van der Waals surface area (Å²) in [4.78, 5) is 66.1. The summed E-state index contributed by atoms with van der Waals surface area (Å²) >= 11 is 0. The topological polar surface area (TPSA) is 230 Å². The van der Waals surface area contributed by atoms with Crippen molar-refractivity contribution in [2.45, 2.75) is 69.1 Å². The van der Waals surface area contributed by atoms with Crippen molar-refractivity contribution in [2.75, 3.05) is 6.54 Å². The Hall–Kier alpha value is -4.75. The van der Waals surface area contributed by atoms with Crippen molar-refractivity contribution in [2.24, 2.45) is 11.5 Å². The molecule has 0 unspecified atom stereocenters. The van der Waals surface area contributed by atoms with Crippen molar-refractivity contribution in [1.82, 2.24) is 20.9 Å². The van der Waals surface area contributed by atoms with Crippen LogP contribution in [0.25, 0.3) is 10.9 Å². The summed E-state index contributed by atoms with van der Waals surface area (Å²) < 4.78 is 0. The van der Waals surface area contributed by atoms with E-state index in [4.69, 9.17) is 16.6 Å². The van der Waals surface area contributed by atoms with Gasteiger partial charge in [-0.2, -0.15) is 0 Å². The van der Waals surface area contributed by atoms with E-state index in [1.807, 2.05) is 24.3 Å². The third-order valence-electron chi connectivity index (χ3n) is 7.22. The minimum Gasteiger partial charge on any atom is -0.481 e. The Bertz CT molecular complexity index is 1430. The van der Waals surface area contributed by atoms with Gasteiger partial charge in [-0.3, -0.25) is 19.2 Å². The lowest BCUT2D eigenvalue weighted by atomic mass is 10.0. The van der Waals surface area contributed by atoms with E-state index >= 15 is 0 Å². The van der Waals surface area contributed by atoms with E-state index in [9.17, 15) is 29.1 Å². The van der Waals surface area contributed by atoms with Crippen LogP contribution in [0.3, 0.4) is 0 Å². The van der Waals surface area contributed by atoms with Gasteiger partial charge in [-0.05, 0) is 43.0 Å². The largest absolute Gasteiger partial charge is 0.481 e. The molecular weight excluding hydrogens is 568 g/mol. The molecule has 44 heavy (non-hydrogen) atoms. The van der Waals surface area contributed by atoms with Crippen LogP contribution >= 0.6 is 0 Å². The molecule has 0 aliphatic heterocycles. The van der Waals surface area contributed by atoms with Crippen molar-refractivity contribution in [3.63, 3.8) is 0 Å². The third-order valence-corrected chi connectivity index (χ3v) is 7.22. The number of aromatic amines is 1. The Kier molecular flexibility index (Phi) is 12.9. The maximum Gasteiger partial charge on any atom is 0.326 e. The number of para-hydroxylation sites is 1. The number of carboxylic acid groups (broad SMARTS) is 2. The molecule has 0 fully saturated rings. The highest BCUT2D eigenvalue weighted by Crippen LogP contribution is 2.19. The number of hydrogen-bond donors (Lipinski definition) is 8. The van der Waals surface area contributed by atoms with E-state index in [1.54, 1.807) is 36.5 Å². The zero-order valence-electron chi connectivity index (χ0n) is 24.3. The zero-order valence-corrected chi connectivity index (χ0v) is 24.3. The predicted octanol–water partition coefficient (Wildman–Crippen LogP) is 0.813. The van der Waals surface area contributed by atoms with Crippen LogP contribution in [-0.4, -0.2) is 75.6 Å². The number of nitrogens with one attached hydrogen (secondary N) is 4. The molecule has 13 nitrogen and oxygen atoms in total. The smallest absolute Gasteiger partial charge is 0.326 e. The number of fused-ring (bicyclic) bond motifs is 1. The fraction of sp³-hybridized carbons (Fsp3) is 0.387. The maximum atomic E-state index is 13.8. The highest BCUT2D eigenvalue weighted by molar-refractivity contribution is 5.95. The van der Waals surface area contributed by atoms with Gasteiger partial charge in [-0.15, -0.1) is 0 Å². The first kappa shape index (κ1) is 33.7. The standard InChI is InChI=1S/C31H40N6O7/c32-15-7-6-11-22(33)28(40)36-26(17-20-18-34-23-12-5-4-10-21(20)23)30(42)37-25(16-19-8-2-1-3-9-19)29(41)35-24(31(43)44)13-14-27(38)39/h1-5,8-10,12,18,22,24-26,34H,6-7,11,13-17,32-33H2,(H,35,41)(H,36,40)(H,37,42)(H,38,39)(H,43,44)/t22-,24+,25+,26+/m1/s1. The molecule has 4 atom stereocenters. The van der Waals surface area contributed by atoms with Crippen LogP contribution in [0, 0.1) is 0 Å². The van der Waals surface area contributed by atoms with Crippen LogP contribution < -0.4 is 27.4 Å². The molecule has 0 spiro atoms. The molecule has 3 rings (SSSR count). The first-order valence-corrected chi connectivity index (χ1v) is 14.5. The number of H-pyrrole nitrogens is 1. The predicted molar refractivity (Wildman–Crippen MR) is 163 cm³/mol. The van der Waals surface area contributed by atoms with Gasteiger partial charge in [-0.25, -0.2) is 4.79 Å². The molecule has 3 amide bonds. The number of amides is 3. The molecule has 2 aromatic carbocycles. The average Bonchev–Trinajstić information content (AvgIpc) is 3.41. The molecule has 0 aliphatic rings. The summed E-state index contributed by atoms with van der Waals surface area (Å²) in [5.41, 5.74) is 13.9. The van der Waals surface area contributed by atoms with Gasteiger partial charge in [0.25, 0.3) is 0 Å².